The number of methoxy groups -OCH3 is 2. The minimum Gasteiger partial charge on any atom is -0.493 e. The zero-order valence-electron chi connectivity index (χ0n) is 14.7. The van der Waals surface area contributed by atoms with Crippen molar-refractivity contribution in [3.63, 3.8) is 0 Å². The van der Waals surface area contributed by atoms with E-state index in [1.54, 1.807) is 24.5 Å². The summed E-state index contributed by atoms with van der Waals surface area (Å²) >= 11 is 0. The molecule has 2 aromatic heterocycles. The van der Waals surface area contributed by atoms with Gasteiger partial charge in [0.2, 0.25) is 21.8 Å². The minimum atomic E-state index is -3.72. The van der Waals surface area contributed by atoms with Crippen LogP contribution in [0.15, 0.2) is 52.0 Å². The molecule has 0 aliphatic carbocycles. The van der Waals surface area contributed by atoms with Crippen LogP contribution in [0.1, 0.15) is 5.89 Å². The fourth-order valence-electron chi connectivity index (χ4n) is 2.32. The van der Waals surface area contributed by atoms with Crippen LogP contribution in [0, 0.1) is 0 Å². The number of pyridine rings is 1. The van der Waals surface area contributed by atoms with Crippen LogP contribution < -0.4 is 14.2 Å². The van der Waals surface area contributed by atoms with E-state index in [2.05, 4.69) is 19.9 Å². The van der Waals surface area contributed by atoms with Crippen LogP contribution in [0.2, 0.25) is 0 Å². The first kappa shape index (κ1) is 18.8. The fourth-order valence-corrected chi connectivity index (χ4v) is 3.37. The van der Waals surface area contributed by atoms with Crippen molar-refractivity contribution in [3.8, 4) is 23.0 Å². The summed E-state index contributed by atoms with van der Waals surface area (Å²) < 4.78 is 43.1. The molecule has 0 amide bonds. The molecule has 10 heteroatoms. The predicted octanol–water partition coefficient (Wildman–Crippen LogP) is 1.67. The molecule has 0 saturated carbocycles. The second-order valence-corrected chi connectivity index (χ2v) is 7.17. The van der Waals surface area contributed by atoms with Crippen LogP contribution in [-0.4, -0.2) is 44.4 Å². The molecule has 0 atom stereocenters. The highest BCUT2D eigenvalue weighted by molar-refractivity contribution is 7.89. The Kier molecular flexibility index (Phi) is 5.67. The molecule has 0 spiro atoms. The van der Waals surface area contributed by atoms with Gasteiger partial charge in [-0.15, -0.1) is 10.2 Å². The van der Waals surface area contributed by atoms with E-state index in [-0.39, 0.29) is 17.9 Å². The lowest BCUT2D eigenvalue weighted by atomic mass is 10.3. The molecule has 0 saturated heterocycles. The summed E-state index contributed by atoms with van der Waals surface area (Å²) in [4.78, 5) is 4.06. The summed E-state index contributed by atoms with van der Waals surface area (Å²) in [6.07, 6.45) is 3.50. The Balaban J connectivity index is 1.64. The Hall–Kier alpha value is -2.98. The van der Waals surface area contributed by atoms with Gasteiger partial charge in [-0.05, 0) is 24.3 Å². The van der Waals surface area contributed by atoms with Crippen LogP contribution in [0.3, 0.4) is 0 Å². The van der Waals surface area contributed by atoms with E-state index in [1.807, 2.05) is 0 Å². The maximum atomic E-state index is 12.4. The third kappa shape index (κ3) is 4.41. The molecule has 0 radical (unpaired) electrons. The molecule has 2 heterocycles. The van der Waals surface area contributed by atoms with E-state index in [0.29, 0.717) is 28.8 Å². The van der Waals surface area contributed by atoms with Crippen LogP contribution in [-0.2, 0) is 16.4 Å². The summed E-state index contributed by atoms with van der Waals surface area (Å²) in [6.45, 7) is 0.103. The van der Waals surface area contributed by atoms with Crippen molar-refractivity contribution < 1.29 is 22.3 Å². The lowest BCUT2D eigenvalue weighted by molar-refractivity contribution is 0.354. The van der Waals surface area contributed by atoms with E-state index in [4.69, 9.17) is 13.9 Å². The highest BCUT2D eigenvalue weighted by atomic mass is 32.2. The number of hydrogen-bond acceptors (Lipinski definition) is 8. The zero-order chi connectivity index (χ0) is 19.3. The number of aromatic nitrogens is 3. The van der Waals surface area contributed by atoms with Gasteiger partial charge in [0.15, 0.2) is 11.5 Å². The summed E-state index contributed by atoms with van der Waals surface area (Å²) in [5, 5.41) is 7.86. The highest BCUT2D eigenvalue weighted by Gasteiger charge is 2.17. The first-order chi connectivity index (χ1) is 13.0. The average Bonchev–Trinajstić information content (AvgIpc) is 3.17. The van der Waals surface area contributed by atoms with Crippen molar-refractivity contribution in [1.82, 2.24) is 19.9 Å². The number of sulfonamides is 1. The van der Waals surface area contributed by atoms with Crippen LogP contribution in [0.4, 0.5) is 0 Å². The summed E-state index contributed by atoms with van der Waals surface area (Å²) in [6, 6.07) is 7.93. The normalized spacial score (nSPS) is 11.3. The number of nitrogens with one attached hydrogen (secondary N) is 1. The molecule has 3 rings (SSSR count). The SMILES string of the molecule is COc1ccc(S(=O)(=O)NCCc2nnc(-c3cccnc3)o2)cc1OC. The molecule has 9 nitrogen and oxygen atoms in total. The molecule has 0 bridgehead atoms. The molecule has 142 valence electrons. The molecular formula is C17H18N4O5S. The predicted molar refractivity (Wildman–Crippen MR) is 96.0 cm³/mol. The Labute approximate surface area is 156 Å². The number of benzene rings is 1. The molecule has 27 heavy (non-hydrogen) atoms. The molecule has 0 unspecified atom stereocenters. The third-order valence-electron chi connectivity index (χ3n) is 3.67. The van der Waals surface area contributed by atoms with E-state index >= 15 is 0 Å². The fraction of sp³-hybridized carbons (Fsp3) is 0.235. The second kappa shape index (κ2) is 8.14. The molecule has 0 aliphatic heterocycles. The first-order valence-electron chi connectivity index (χ1n) is 7.98. The van der Waals surface area contributed by atoms with E-state index in [0.717, 1.165) is 0 Å². The van der Waals surface area contributed by atoms with Crippen molar-refractivity contribution in [2.45, 2.75) is 11.3 Å². The van der Waals surface area contributed by atoms with Gasteiger partial charge in [0.1, 0.15) is 0 Å². The topological polar surface area (TPSA) is 116 Å². The Morgan fingerprint density at radius 3 is 2.63 bits per heavy atom. The average molecular weight is 390 g/mol. The van der Waals surface area contributed by atoms with Crippen LogP contribution in [0.25, 0.3) is 11.5 Å². The van der Waals surface area contributed by atoms with Crippen LogP contribution in [0.5, 0.6) is 11.5 Å². The van der Waals surface area contributed by atoms with Gasteiger partial charge < -0.3 is 13.9 Å². The standard InChI is InChI=1S/C17H18N4O5S/c1-24-14-6-5-13(10-15(14)25-2)27(22,23)19-9-7-16-20-21-17(26-16)12-4-3-8-18-11-12/h3-6,8,10-11,19H,7,9H2,1-2H3. The highest BCUT2D eigenvalue weighted by Crippen LogP contribution is 2.29. The maximum absolute atomic E-state index is 12.4. The van der Waals surface area contributed by atoms with E-state index in [1.165, 1.54) is 32.4 Å². The van der Waals surface area contributed by atoms with Gasteiger partial charge in [-0.2, -0.15) is 0 Å². The Morgan fingerprint density at radius 1 is 1.11 bits per heavy atom. The molecule has 0 aliphatic rings. The minimum absolute atomic E-state index is 0.0710. The smallest absolute Gasteiger partial charge is 0.249 e. The molecule has 1 aromatic carbocycles. The van der Waals surface area contributed by atoms with Crippen LogP contribution >= 0.6 is 0 Å². The van der Waals surface area contributed by atoms with Gasteiger partial charge in [-0.1, -0.05) is 0 Å². The van der Waals surface area contributed by atoms with Crippen molar-refractivity contribution in [2.75, 3.05) is 20.8 Å². The van der Waals surface area contributed by atoms with E-state index < -0.39 is 10.0 Å². The lowest BCUT2D eigenvalue weighted by Crippen LogP contribution is -2.26. The van der Waals surface area contributed by atoms with Crippen molar-refractivity contribution in [1.29, 1.82) is 0 Å². The van der Waals surface area contributed by atoms with Gasteiger partial charge in [0.25, 0.3) is 0 Å². The van der Waals surface area contributed by atoms with Crippen molar-refractivity contribution >= 4 is 10.0 Å². The second-order valence-electron chi connectivity index (χ2n) is 5.41. The summed E-state index contributed by atoms with van der Waals surface area (Å²) in [7, 11) is -0.797. The van der Waals surface area contributed by atoms with Gasteiger partial charge in [0.05, 0.1) is 24.7 Å². The lowest BCUT2D eigenvalue weighted by Gasteiger charge is -2.10. The van der Waals surface area contributed by atoms with Gasteiger partial charge in [-0.25, -0.2) is 13.1 Å². The molecule has 1 N–H and O–H groups in total. The van der Waals surface area contributed by atoms with E-state index in [9.17, 15) is 8.42 Å². The summed E-state index contributed by atoms with van der Waals surface area (Å²) in [5.74, 6) is 1.44. The quantitative estimate of drug-likeness (QED) is 0.617. The number of ether oxygens (including phenoxy) is 2. The maximum Gasteiger partial charge on any atom is 0.249 e. The summed E-state index contributed by atoms with van der Waals surface area (Å²) in [5.41, 5.74) is 0.696. The van der Waals surface area contributed by atoms with Gasteiger partial charge in [-0.3, -0.25) is 4.98 Å². The number of rotatable bonds is 8. The number of nitrogens with zero attached hydrogens (tertiary/aromatic N) is 3. The van der Waals surface area contributed by atoms with Gasteiger partial charge in [0, 0.05) is 31.4 Å². The molecular weight excluding hydrogens is 372 g/mol. The first-order valence-corrected chi connectivity index (χ1v) is 9.46. The number of hydrogen-bond donors (Lipinski definition) is 1. The Morgan fingerprint density at radius 2 is 1.93 bits per heavy atom. The van der Waals surface area contributed by atoms with Crippen molar-refractivity contribution in [3.05, 3.63) is 48.6 Å². The molecule has 0 fully saturated rings. The van der Waals surface area contributed by atoms with Gasteiger partial charge >= 0.3 is 0 Å². The largest absolute Gasteiger partial charge is 0.493 e. The molecule has 3 aromatic rings. The third-order valence-corrected chi connectivity index (χ3v) is 5.13. The monoisotopic (exact) mass is 390 g/mol. The zero-order valence-corrected chi connectivity index (χ0v) is 15.6. The van der Waals surface area contributed by atoms with Crippen molar-refractivity contribution in [2.24, 2.45) is 0 Å². The Bertz CT molecular complexity index is 1010.